The van der Waals surface area contributed by atoms with Crippen LogP contribution in [0, 0.1) is 12.8 Å². The van der Waals surface area contributed by atoms with E-state index in [9.17, 15) is 4.79 Å². The SMILES string of the molecule is Cc1nc(Cl)ccc1NC(=O)CC1C=CCC1. The van der Waals surface area contributed by atoms with E-state index in [0.717, 1.165) is 24.2 Å². The predicted octanol–water partition coefficient (Wildman–Crippen LogP) is 3.34. The topological polar surface area (TPSA) is 42.0 Å². The maximum absolute atomic E-state index is 11.8. The van der Waals surface area contributed by atoms with Crippen LogP contribution in [0.5, 0.6) is 0 Å². The Bertz CT molecular complexity index is 457. The molecule has 0 spiro atoms. The van der Waals surface area contributed by atoms with E-state index in [2.05, 4.69) is 22.5 Å². The molecule has 4 heteroatoms. The van der Waals surface area contributed by atoms with E-state index in [1.807, 2.05) is 6.92 Å². The van der Waals surface area contributed by atoms with Gasteiger partial charge in [-0.1, -0.05) is 23.8 Å². The van der Waals surface area contributed by atoms with Crippen molar-refractivity contribution in [3.63, 3.8) is 0 Å². The molecule has 1 aromatic rings. The molecule has 1 heterocycles. The van der Waals surface area contributed by atoms with Gasteiger partial charge in [-0.05, 0) is 37.8 Å². The molecule has 1 aliphatic rings. The summed E-state index contributed by atoms with van der Waals surface area (Å²) in [7, 11) is 0. The molecule has 1 atom stereocenters. The fourth-order valence-electron chi connectivity index (χ4n) is 1.97. The molecule has 0 aliphatic heterocycles. The minimum absolute atomic E-state index is 0.0359. The molecule has 3 nitrogen and oxygen atoms in total. The van der Waals surface area contributed by atoms with Crippen molar-refractivity contribution in [3.05, 3.63) is 35.1 Å². The van der Waals surface area contributed by atoms with Gasteiger partial charge in [0.2, 0.25) is 5.91 Å². The van der Waals surface area contributed by atoms with Crippen LogP contribution >= 0.6 is 11.6 Å². The lowest BCUT2D eigenvalue weighted by atomic mass is 10.1. The molecule has 90 valence electrons. The smallest absolute Gasteiger partial charge is 0.225 e. The first-order valence-electron chi connectivity index (χ1n) is 5.75. The number of carbonyl (C=O) groups is 1. The molecule has 0 bridgehead atoms. The van der Waals surface area contributed by atoms with Gasteiger partial charge in [-0.3, -0.25) is 4.79 Å². The van der Waals surface area contributed by atoms with E-state index in [1.54, 1.807) is 12.1 Å². The van der Waals surface area contributed by atoms with Crippen molar-refractivity contribution in [2.24, 2.45) is 5.92 Å². The summed E-state index contributed by atoms with van der Waals surface area (Å²) in [5.41, 5.74) is 1.48. The van der Waals surface area contributed by atoms with Gasteiger partial charge in [0.15, 0.2) is 0 Å². The number of aryl methyl sites for hydroxylation is 1. The Kier molecular flexibility index (Phi) is 3.79. The van der Waals surface area contributed by atoms with E-state index in [0.29, 0.717) is 17.5 Å². The van der Waals surface area contributed by atoms with Crippen LogP contribution < -0.4 is 5.32 Å². The molecule has 1 N–H and O–H groups in total. The first-order chi connectivity index (χ1) is 8.15. The molecular weight excluding hydrogens is 236 g/mol. The van der Waals surface area contributed by atoms with E-state index in [1.165, 1.54) is 0 Å². The van der Waals surface area contributed by atoms with Gasteiger partial charge >= 0.3 is 0 Å². The molecule has 0 saturated heterocycles. The number of anilines is 1. The summed E-state index contributed by atoms with van der Waals surface area (Å²) in [5, 5.41) is 3.31. The Balaban J connectivity index is 1.95. The van der Waals surface area contributed by atoms with Crippen molar-refractivity contribution in [2.45, 2.75) is 26.2 Å². The number of rotatable bonds is 3. The van der Waals surface area contributed by atoms with Gasteiger partial charge in [0, 0.05) is 6.42 Å². The standard InChI is InChI=1S/C13H15ClN2O/c1-9-11(6-7-12(14)15-9)16-13(17)8-10-4-2-3-5-10/h2,4,6-7,10H,3,5,8H2,1H3,(H,16,17). The highest BCUT2D eigenvalue weighted by molar-refractivity contribution is 6.29. The Morgan fingerprint density at radius 2 is 2.41 bits per heavy atom. The monoisotopic (exact) mass is 250 g/mol. The van der Waals surface area contributed by atoms with E-state index >= 15 is 0 Å². The second-order valence-electron chi connectivity index (χ2n) is 4.28. The van der Waals surface area contributed by atoms with Gasteiger partial charge in [0.05, 0.1) is 11.4 Å². The molecule has 0 radical (unpaired) electrons. The number of pyridine rings is 1. The Hall–Kier alpha value is -1.35. The predicted molar refractivity (Wildman–Crippen MR) is 69.1 cm³/mol. The number of hydrogen-bond donors (Lipinski definition) is 1. The molecule has 0 aromatic carbocycles. The van der Waals surface area contributed by atoms with Gasteiger partial charge in [0.1, 0.15) is 5.15 Å². The maximum Gasteiger partial charge on any atom is 0.225 e. The molecule has 1 aromatic heterocycles. The van der Waals surface area contributed by atoms with Crippen LogP contribution in [-0.4, -0.2) is 10.9 Å². The highest BCUT2D eigenvalue weighted by Crippen LogP contribution is 2.22. The van der Waals surface area contributed by atoms with Gasteiger partial charge in [0.25, 0.3) is 0 Å². The average Bonchev–Trinajstić information content (AvgIpc) is 2.75. The summed E-state index contributed by atoms with van der Waals surface area (Å²) in [6.07, 6.45) is 6.95. The highest BCUT2D eigenvalue weighted by atomic mass is 35.5. The number of nitrogens with one attached hydrogen (secondary N) is 1. The second-order valence-corrected chi connectivity index (χ2v) is 4.67. The van der Waals surface area contributed by atoms with Crippen molar-refractivity contribution in [3.8, 4) is 0 Å². The molecule has 1 unspecified atom stereocenters. The number of amides is 1. The second kappa shape index (κ2) is 5.32. The van der Waals surface area contributed by atoms with E-state index in [-0.39, 0.29) is 5.91 Å². The maximum atomic E-state index is 11.8. The Morgan fingerprint density at radius 1 is 1.59 bits per heavy atom. The fraction of sp³-hybridized carbons (Fsp3) is 0.385. The summed E-state index contributed by atoms with van der Waals surface area (Å²) in [6, 6.07) is 3.46. The number of allylic oxidation sites excluding steroid dienone is 2. The third-order valence-corrected chi connectivity index (χ3v) is 3.10. The minimum Gasteiger partial charge on any atom is -0.324 e. The third kappa shape index (κ3) is 3.30. The molecular formula is C13H15ClN2O. The average molecular weight is 251 g/mol. The highest BCUT2D eigenvalue weighted by Gasteiger charge is 2.14. The van der Waals surface area contributed by atoms with Crippen molar-refractivity contribution in [1.29, 1.82) is 0 Å². The molecule has 0 saturated carbocycles. The van der Waals surface area contributed by atoms with Crippen LogP contribution in [-0.2, 0) is 4.79 Å². The van der Waals surface area contributed by atoms with E-state index in [4.69, 9.17) is 11.6 Å². The van der Waals surface area contributed by atoms with Crippen LogP contribution in [0.3, 0.4) is 0 Å². The Labute approximate surface area is 106 Å². The van der Waals surface area contributed by atoms with Crippen molar-refractivity contribution < 1.29 is 4.79 Å². The number of halogens is 1. The Morgan fingerprint density at radius 3 is 3.06 bits per heavy atom. The molecule has 17 heavy (non-hydrogen) atoms. The van der Waals surface area contributed by atoms with Gasteiger partial charge in [-0.15, -0.1) is 0 Å². The summed E-state index contributed by atoms with van der Waals surface area (Å²) < 4.78 is 0. The summed E-state index contributed by atoms with van der Waals surface area (Å²) in [4.78, 5) is 15.9. The van der Waals surface area contributed by atoms with Gasteiger partial charge < -0.3 is 5.32 Å². The number of hydrogen-bond acceptors (Lipinski definition) is 2. The number of aromatic nitrogens is 1. The van der Waals surface area contributed by atoms with Crippen LogP contribution in [0.4, 0.5) is 5.69 Å². The van der Waals surface area contributed by atoms with Crippen LogP contribution in [0.2, 0.25) is 5.15 Å². The van der Waals surface area contributed by atoms with Gasteiger partial charge in [-0.2, -0.15) is 0 Å². The lowest BCUT2D eigenvalue weighted by Crippen LogP contribution is -2.15. The largest absolute Gasteiger partial charge is 0.324 e. The first-order valence-corrected chi connectivity index (χ1v) is 6.12. The quantitative estimate of drug-likeness (QED) is 0.660. The summed E-state index contributed by atoms with van der Waals surface area (Å²) >= 11 is 5.76. The zero-order valence-corrected chi connectivity index (χ0v) is 10.5. The first kappa shape index (κ1) is 12.1. The lowest BCUT2D eigenvalue weighted by molar-refractivity contribution is -0.116. The number of carbonyl (C=O) groups excluding carboxylic acids is 1. The normalized spacial score (nSPS) is 18.4. The van der Waals surface area contributed by atoms with Crippen LogP contribution in [0.15, 0.2) is 24.3 Å². The molecule has 2 rings (SSSR count). The van der Waals surface area contributed by atoms with Crippen molar-refractivity contribution in [1.82, 2.24) is 4.98 Å². The molecule has 0 fully saturated rings. The van der Waals surface area contributed by atoms with E-state index < -0.39 is 0 Å². The summed E-state index contributed by atoms with van der Waals surface area (Å²) in [5.74, 6) is 0.421. The van der Waals surface area contributed by atoms with Crippen molar-refractivity contribution >= 4 is 23.2 Å². The lowest BCUT2D eigenvalue weighted by Gasteiger charge is -2.10. The molecule has 1 amide bonds. The van der Waals surface area contributed by atoms with Gasteiger partial charge in [-0.25, -0.2) is 4.98 Å². The van der Waals surface area contributed by atoms with Crippen LogP contribution in [0.1, 0.15) is 25.0 Å². The fourth-order valence-corrected chi connectivity index (χ4v) is 2.16. The van der Waals surface area contributed by atoms with Crippen molar-refractivity contribution in [2.75, 3.05) is 5.32 Å². The molecule has 1 aliphatic carbocycles. The zero-order valence-electron chi connectivity index (χ0n) is 9.74. The minimum atomic E-state index is 0.0359. The third-order valence-electron chi connectivity index (χ3n) is 2.89. The van der Waals surface area contributed by atoms with Crippen LogP contribution in [0.25, 0.3) is 0 Å². The zero-order chi connectivity index (χ0) is 12.3. The number of nitrogens with zero attached hydrogens (tertiary/aromatic N) is 1. The summed E-state index contributed by atoms with van der Waals surface area (Å²) in [6.45, 7) is 1.83.